The maximum absolute atomic E-state index is 12.3. The normalized spacial score (nSPS) is 11.3. The van der Waals surface area contributed by atoms with Crippen molar-refractivity contribution in [3.8, 4) is 17.1 Å². The molecule has 0 aliphatic heterocycles. The van der Waals surface area contributed by atoms with Gasteiger partial charge in [-0.3, -0.25) is 4.79 Å². The molecular weight excluding hydrogens is 404 g/mol. The number of amides is 1. The number of nitrogens with zero attached hydrogens (tertiary/aromatic N) is 1. The molecule has 152 valence electrons. The smallest absolute Gasteiger partial charge is 0.307 e. The molecule has 0 aliphatic carbocycles. The Kier molecular flexibility index (Phi) is 5.59. The number of benzene rings is 2. The van der Waals surface area contributed by atoms with Gasteiger partial charge in [0.2, 0.25) is 0 Å². The molecule has 0 spiro atoms. The van der Waals surface area contributed by atoms with Crippen molar-refractivity contribution in [2.45, 2.75) is 13.8 Å². The maximum atomic E-state index is 12.3. The van der Waals surface area contributed by atoms with E-state index in [1.165, 1.54) is 6.21 Å². The van der Waals surface area contributed by atoms with Crippen LogP contribution in [0.1, 0.15) is 28.8 Å². The molecule has 2 aromatic heterocycles. The molecule has 0 radical (unpaired) electrons. The van der Waals surface area contributed by atoms with Gasteiger partial charge in [-0.1, -0.05) is 17.7 Å². The number of carbonyl (C=O) groups is 1. The second-order valence-electron chi connectivity index (χ2n) is 6.60. The largest absolute Gasteiger partial charge is 0.494 e. The molecule has 0 aliphatic rings. The first-order valence-electron chi connectivity index (χ1n) is 9.39. The highest BCUT2D eigenvalue weighted by molar-refractivity contribution is 6.30. The lowest BCUT2D eigenvalue weighted by atomic mass is 10.1. The van der Waals surface area contributed by atoms with Crippen LogP contribution in [0.4, 0.5) is 0 Å². The molecule has 0 saturated carbocycles. The Morgan fingerprint density at radius 3 is 2.83 bits per heavy atom. The summed E-state index contributed by atoms with van der Waals surface area (Å²) in [5.74, 6) is 1.59. The van der Waals surface area contributed by atoms with Crippen molar-refractivity contribution in [1.82, 2.24) is 5.43 Å². The molecule has 0 bridgehead atoms. The summed E-state index contributed by atoms with van der Waals surface area (Å²) >= 11 is 6.07. The van der Waals surface area contributed by atoms with E-state index in [1.54, 1.807) is 24.3 Å². The molecule has 0 unspecified atom stereocenters. The van der Waals surface area contributed by atoms with Gasteiger partial charge in [0.1, 0.15) is 22.9 Å². The molecule has 6 nitrogen and oxygen atoms in total. The number of rotatable bonds is 6. The molecular formula is C23H19ClN2O4. The van der Waals surface area contributed by atoms with Crippen LogP contribution in [0.5, 0.6) is 5.75 Å². The van der Waals surface area contributed by atoms with E-state index < -0.39 is 5.91 Å². The van der Waals surface area contributed by atoms with Crippen molar-refractivity contribution < 1.29 is 18.4 Å². The monoisotopic (exact) mass is 422 g/mol. The average Bonchev–Trinajstić information content (AvgIpc) is 3.37. The SMILES string of the molecule is CCOc1ccc2oc(C(=O)N/N=C/c3ccc(-c4cc(Cl)ccc4C)o3)cc2c1. The lowest BCUT2D eigenvalue weighted by Crippen LogP contribution is -2.16. The van der Waals surface area contributed by atoms with Crippen LogP contribution < -0.4 is 10.2 Å². The second-order valence-corrected chi connectivity index (χ2v) is 7.04. The highest BCUT2D eigenvalue weighted by Crippen LogP contribution is 2.28. The van der Waals surface area contributed by atoms with E-state index in [0.717, 1.165) is 22.3 Å². The zero-order valence-electron chi connectivity index (χ0n) is 16.4. The zero-order chi connectivity index (χ0) is 21.1. The first-order chi connectivity index (χ1) is 14.5. The quantitative estimate of drug-likeness (QED) is 0.314. The number of furan rings is 2. The van der Waals surface area contributed by atoms with Gasteiger partial charge in [0.15, 0.2) is 5.76 Å². The van der Waals surface area contributed by atoms with E-state index in [9.17, 15) is 4.79 Å². The van der Waals surface area contributed by atoms with Crippen LogP contribution in [0.25, 0.3) is 22.3 Å². The number of hydrogen-bond donors (Lipinski definition) is 1. The van der Waals surface area contributed by atoms with Crippen LogP contribution >= 0.6 is 11.6 Å². The minimum absolute atomic E-state index is 0.158. The Hall–Kier alpha value is -3.51. The van der Waals surface area contributed by atoms with Gasteiger partial charge in [-0.15, -0.1) is 0 Å². The minimum Gasteiger partial charge on any atom is -0.494 e. The summed E-state index contributed by atoms with van der Waals surface area (Å²) in [5, 5.41) is 5.37. The lowest BCUT2D eigenvalue weighted by molar-refractivity contribution is 0.0929. The highest BCUT2D eigenvalue weighted by Gasteiger charge is 2.12. The summed E-state index contributed by atoms with van der Waals surface area (Å²) in [5.41, 5.74) is 4.99. The highest BCUT2D eigenvalue weighted by atomic mass is 35.5. The fourth-order valence-electron chi connectivity index (χ4n) is 3.03. The summed E-state index contributed by atoms with van der Waals surface area (Å²) in [6.07, 6.45) is 1.43. The lowest BCUT2D eigenvalue weighted by Gasteiger charge is -2.02. The van der Waals surface area contributed by atoms with E-state index in [4.69, 9.17) is 25.2 Å². The van der Waals surface area contributed by atoms with Crippen molar-refractivity contribution in [1.29, 1.82) is 0 Å². The fourth-order valence-corrected chi connectivity index (χ4v) is 3.20. The first kappa shape index (κ1) is 19.8. The Morgan fingerprint density at radius 1 is 1.13 bits per heavy atom. The average molecular weight is 423 g/mol. The number of fused-ring (bicyclic) bond motifs is 1. The number of halogens is 1. The molecule has 0 fully saturated rings. The summed E-state index contributed by atoms with van der Waals surface area (Å²) in [6.45, 7) is 4.46. The number of hydrogen-bond acceptors (Lipinski definition) is 5. The summed E-state index contributed by atoms with van der Waals surface area (Å²) in [7, 11) is 0. The number of carbonyl (C=O) groups excluding carboxylic acids is 1. The molecule has 2 heterocycles. The van der Waals surface area contributed by atoms with Crippen molar-refractivity contribution in [3.05, 3.63) is 76.7 Å². The summed E-state index contributed by atoms with van der Waals surface area (Å²) in [4.78, 5) is 12.3. The molecule has 1 amide bonds. The van der Waals surface area contributed by atoms with Gasteiger partial charge in [-0.2, -0.15) is 5.10 Å². The number of nitrogens with one attached hydrogen (secondary N) is 1. The van der Waals surface area contributed by atoms with Gasteiger partial charge in [0, 0.05) is 16.0 Å². The van der Waals surface area contributed by atoms with Crippen molar-refractivity contribution in [2.24, 2.45) is 5.10 Å². The van der Waals surface area contributed by atoms with Gasteiger partial charge >= 0.3 is 5.91 Å². The summed E-state index contributed by atoms with van der Waals surface area (Å²) in [6, 6.07) is 16.2. The molecule has 4 aromatic rings. The predicted molar refractivity (Wildman–Crippen MR) is 116 cm³/mol. The van der Waals surface area contributed by atoms with E-state index in [2.05, 4.69) is 10.5 Å². The van der Waals surface area contributed by atoms with E-state index in [-0.39, 0.29) is 5.76 Å². The molecule has 7 heteroatoms. The number of hydrazone groups is 1. The van der Waals surface area contributed by atoms with Crippen molar-refractivity contribution >= 4 is 34.7 Å². The van der Waals surface area contributed by atoms with Crippen LogP contribution in [-0.2, 0) is 0 Å². The molecule has 1 N–H and O–H groups in total. The number of aryl methyl sites for hydroxylation is 1. The minimum atomic E-state index is -0.460. The topological polar surface area (TPSA) is 77.0 Å². The van der Waals surface area contributed by atoms with E-state index in [0.29, 0.717) is 28.7 Å². The van der Waals surface area contributed by atoms with Crippen molar-refractivity contribution in [2.75, 3.05) is 6.61 Å². The fraction of sp³-hybridized carbons (Fsp3) is 0.130. The Morgan fingerprint density at radius 2 is 2.00 bits per heavy atom. The van der Waals surface area contributed by atoms with Crippen LogP contribution in [0.2, 0.25) is 5.02 Å². The third-order valence-corrected chi connectivity index (χ3v) is 4.71. The molecule has 0 atom stereocenters. The van der Waals surface area contributed by atoms with Crippen molar-refractivity contribution in [3.63, 3.8) is 0 Å². The van der Waals surface area contributed by atoms with Crippen LogP contribution in [0.15, 0.2) is 68.5 Å². The Labute approximate surface area is 178 Å². The Bertz CT molecular complexity index is 1240. The van der Waals surface area contributed by atoms with Crippen LogP contribution in [0.3, 0.4) is 0 Å². The number of ether oxygens (including phenoxy) is 1. The van der Waals surface area contributed by atoms with Gasteiger partial charge in [-0.25, -0.2) is 5.43 Å². The molecule has 0 saturated heterocycles. The summed E-state index contributed by atoms with van der Waals surface area (Å²) < 4.78 is 16.8. The standard InChI is InChI=1S/C23H19ClN2O4/c1-3-28-17-6-8-20-15(10-17)11-22(30-20)23(27)26-25-13-18-7-9-21(29-18)19-12-16(24)5-4-14(19)2/h4-13H,3H2,1-2H3,(H,26,27)/b25-13+. The molecule has 2 aromatic carbocycles. The third-order valence-electron chi connectivity index (χ3n) is 4.47. The maximum Gasteiger partial charge on any atom is 0.307 e. The van der Waals surface area contributed by atoms with E-state index >= 15 is 0 Å². The van der Waals surface area contributed by atoms with E-state index in [1.807, 2.05) is 44.2 Å². The van der Waals surface area contributed by atoms with Gasteiger partial charge < -0.3 is 13.6 Å². The molecule has 4 rings (SSSR count). The van der Waals surface area contributed by atoms with Crippen LogP contribution in [0, 0.1) is 6.92 Å². The first-order valence-corrected chi connectivity index (χ1v) is 9.77. The Balaban J connectivity index is 1.44. The second kappa shape index (κ2) is 8.47. The zero-order valence-corrected chi connectivity index (χ0v) is 17.2. The van der Waals surface area contributed by atoms with Gasteiger partial charge in [-0.05, 0) is 67.9 Å². The predicted octanol–water partition coefficient (Wildman–Crippen LogP) is 5.82. The molecule has 30 heavy (non-hydrogen) atoms. The van der Waals surface area contributed by atoms with Gasteiger partial charge in [0.05, 0.1) is 12.8 Å². The van der Waals surface area contributed by atoms with Crippen LogP contribution in [-0.4, -0.2) is 18.7 Å². The third kappa shape index (κ3) is 4.23. The van der Waals surface area contributed by atoms with Gasteiger partial charge in [0.25, 0.3) is 0 Å².